The van der Waals surface area contributed by atoms with Crippen LogP contribution in [0.4, 0.5) is 0 Å². The second-order valence-electron chi connectivity index (χ2n) is 5.75. The molecule has 2 aromatic rings. The van der Waals surface area contributed by atoms with Gasteiger partial charge >= 0.3 is 0 Å². The molecule has 1 aromatic heterocycles. The zero-order chi connectivity index (χ0) is 16.7. The van der Waals surface area contributed by atoms with Crippen molar-refractivity contribution in [3.8, 4) is 5.75 Å². The van der Waals surface area contributed by atoms with Crippen molar-refractivity contribution in [1.82, 2.24) is 4.57 Å². The van der Waals surface area contributed by atoms with Gasteiger partial charge in [0.25, 0.3) is 5.91 Å². The Morgan fingerprint density at radius 3 is 2.74 bits per heavy atom. The number of Topliss-reactive ketones (excluding diaryl/α,β-unsaturated/α-hetero) is 1. The highest BCUT2D eigenvalue weighted by atomic mass is 16.3. The fourth-order valence-corrected chi connectivity index (χ4v) is 3.13. The van der Waals surface area contributed by atoms with Crippen LogP contribution in [0.15, 0.2) is 17.1 Å². The summed E-state index contributed by atoms with van der Waals surface area (Å²) >= 11 is 0. The lowest BCUT2D eigenvalue weighted by atomic mass is 9.98. The van der Waals surface area contributed by atoms with Gasteiger partial charge in [-0.1, -0.05) is 0 Å². The number of rotatable bonds is 1. The highest BCUT2D eigenvalue weighted by Crippen LogP contribution is 2.35. The van der Waals surface area contributed by atoms with Crippen LogP contribution in [-0.4, -0.2) is 27.3 Å². The minimum atomic E-state index is -0.556. The zero-order valence-corrected chi connectivity index (χ0v) is 12.8. The van der Waals surface area contributed by atoms with Gasteiger partial charge in [-0.3, -0.25) is 9.59 Å². The van der Waals surface area contributed by atoms with E-state index in [0.29, 0.717) is 30.6 Å². The van der Waals surface area contributed by atoms with Crippen molar-refractivity contribution in [2.24, 2.45) is 16.5 Å². The van der Waals surface area contributed by atoms with Crippen molar-refractivity contribution >= 4 is 28.6 Å². The molecule has 2 heterocycles. The summed E-state index contributed by atoms with van der Waals surface area (Å²) < 4.78 is 1.74. The number of hydrogen-bond donors (Lipinski definition) is 3. The van der Waals surface area contributed by atoms with Crippen molar-refractivity contribution in [2.45, 2.75) is 32.7 Å². The topological polar surface area (TPSA) is 124 Å². The molecule has 1 amide bonds. The van der Waals surface area contributed by atoms with Crippen LogP contribution in [0, 0.1) is 6.92 Å². The summed E-state index contributed by atoms with van der Waals surface area (Å²) in [5.74, 6) is -1.04. The lowest BCUT2D eigenvalue weighted by molar-refractivity contribution is 0.0967. The van der Waals surface area contributed by atoms with E-state index >= 15 is 0 Å². The molecule has 0 fully saturated rings. The summed E-state index contributed by atoms with van der Waals surface area (Å²) in [7, 11) is 0. The number of hydrogen-bond acceptors (Lipinski definition) is 3. The monoisotopic (exact) mass is 314 g/mol. The van der Waals surface area contributed by atoms with E-state index in [4.69, 9.17) is 11.5 Å². The predicted molar refractivity (Wildman–Crippen MR) is 86.7 cm³/mol. The molecule has 1 aliphatic heterocycles. The molecule has 0 saturated heterocycles. The number of aromatic hydroxyl groups is 1. The number of aryl methyl sites for hydroxylation is 2. The number of nitrogens with two attached hydrogens (primary N) is 2. The maximum absolute atomic E-state index is 12.4. The Morgan fingerprint density at radius 1 is 1.30 bits per heavy atom. The first-order chi connectivity index (χ1) is 10.9. The molecule has 0 bridgehead atoms. The highest BCUT2D eigenvalue weighted by Gasteiger charge is 2.25. The smallest absolute Gasteiger partial charge is 0.296 e. The third-order valence-electron chi connectivity index (χ3n) is 4.13. The van der Waals surface area contributed by atoms with Gasteiger partial charge < -0.3 is 21.1 Å². The Balaban J connectivity index is 2.38. The largest absolute Gasteiger partial charge is 0.507 e. The molecule has 7 nitrogen and oxygen atoms in total. The average molecular weight is 314 g/mol. The van der Waals surface area contributed by atoms with E-state index in [0.717, 1.165) is 17.4 Å². The van der Waals surface area contributed by atoms with Gasteiger partial charge in [0.1, 0.15) is 11.4 Å². The molecular weight excluding hydrogens is 296 g/mol. The van der Waals surface area contributed by atoms with Gasteiger partial charge in [0.2, 0.25) is 0 Å². The maximum Gasteiger partial charge on any atom is 0.296 e. The van der Waals surface area contributed by atoms with E-state index in [1.54, 1.807) is 16.7 Å². The molecule has 0 spiro atoms. The van der Waals surface area contributed by atoms with E-state index in [2.05, 4.69) is 4.99 Å². The van der Waals surface area contributed by atoms with Gasteiger partial charge in [-0.25, -0.2) is 0 Å². The van der Waals surface area contributed by atoms with E-state index in [9.17, 15) is 14.7 Å². The van der Waals surface area contributed by atoms with Gasteiger partial charge in [-0.2, -0.15) is 4.99 Å². The second-order valence-corrected chi connectivity index (χ2v) is 5.75. The number of carbonyl (C=O) groups is 2. The van der Waals surface area contributed by atoms with Crippen LogP contribution in [0.1, 0.15) is 45.7 Å². The third-order valence-corrected chi connectivity index (χ3v) is 4.13. The van der Waals surface area contributed by atoms with E-state index < -0.39 is 5.91 Å². The van der Waals surface area contributed by atoms with Crippen LogP contribution in [-0.2, 0) is 6.54 Å². The minimum Gasteiger partial charge on any atom is -0.507 e. The molecule has 7 heteroatoms. The fourth-order valence-electron chi connectivity index (χ4n) is 3.13. The van der Waals surface area contributed by atoms with Gasteiger partial charge in [0, 0.05) is 18.4 Å². The zero-order valence-electron chi connectivity index (χ0n) is 12.8. The lowest BCUT2D eigenvalue weighted by Gasteiger charge is -2.16. The second kappa shape index (κ2) is 5.42. The number of carbonyl (C=O) groups excluding carboxylic acids is 2. The normalized spacial score (nSPS) is 14.4. The number of guanidine groups is 1. The number of ketones is 1. The molecule has 5 N–H and O–H groups in total. The van der Waals surface area contributed by atoms with Crippen molar-refractivity contribution in [1.29, 1.82) is 0 Å². The molecule has 0 atom stereocenters. The predicted octanol–water partition coefficient (Wildman–Crippen LogP) is 1.44. The summed E-state index contributed by atoms with van der Waals surface area (Å²) in [6, 6.07) is 3.23. The Bertz CT molecular complexity index is 860. The van der Waals surface area contributed by atoms with Gasteiger partial charge in [0.15, 0.2) is 11.7 Å². The molecule has 3 rings (SSSR count). The van der Waals surface area contributed by atoms with Crippen molar-refractivity contribution in [2.75, 3.05) is 0 Å². The third kappa shape index (κ3) is 2.44. The standard InChI is InChI=1S/C16H18N4O3/c1-8-6-12(22)13-11(21)4-2-3-5-20-10(7-9(8)14(13)20)15(23)19-16(17)18/h6-7,22H,2-5H2,1H3,(H4,17,18,19,23). The minimum absolute atomic E-state index is 0.0536. The number of aromatic nitrogens is 1. The van der Waals surface area contributed by atoms with Crippen LogP contribution < -0.4 is 11.5 Å². The van der Waals surface area contributed by atoms with E-state index in [1.165, 1.54) is 0 Å². The lowest BCUT2D eigenvalue weighted by Crippen LogP contribution is -2.25. The molecule has 0 aliphatic carbocycles. The van der Waals surface area contributed by atoms with Crippen LogP contribution in [0.25, 0.3) is 10.9 Å². The Morgan fingerprint density at radius 2 is 2.04 bits per heavy atom. The molecular formula is C16H18N4O3. The Kier molecular flexibility index (Phi) is 3.55. The number of phenolic OH excluding ortho intramolecular Hbond substituents is 1. The summed E-state index contributed by atoms with van der Waals surface area (Å²) in [5.41, 5.74) is 12.6. The van der Waals surface area contributed by atoms with Crippen molar-refractivity contribution < 1.29 is 14.7 Å². The molecule has 1 aromatic carbocycles. The number of benzene rings is 1. The number of aliphatic imine (C=N–C) groups is 1. The van der Waals surface area contributed by atoms with Crippen LogP contribution in [0.2, 0.25) is 0 Å². The molecule has 120 valence electrons. The van der Waals surface area contributed by atoms with Crippen LogP contribution >= 0.6 is 0 Å². The van der Waals surface area contributed by atoms with Crippen molar-refractivity contribution in [3.05, 3.63) is 29.0 Å². The molecule has 0 radical (unpaired) electrons. The van der Waals surface area contributed by atoms with E-state index in [1.807, 2.05) is 6.92 Å². The molecule has 23 heavy (non-hydrogen) atoms. The van der Waals surface area contributed by atoms with Crippen molar-refractivity contribution in [3.63, 3.8) is 0 Å². The summed E-state index contributed by atoms with van der Waals surface area (Å²) in [6.07, 6.45) is 1.83. The SMILES string of the molecule is Cc1cc(O)c2c3c1cc(C(=O)N=C(N)N)n3CCCCC2=O. The number of phenols is 1. The van der Waals surface area contributed by atoms with Crippen LogP contribution in [0.5, 0.6) is 5.75 Å². The van der Waals surface area contributed by atoms with E-state index in [-0.39, 0.29) is 23.1 Å². The quantitative estimate of drug-likeness (QED) is 0.542. The van der Waals surface area contributed by atoms with Gasteiger partial charge in [0.05, 0.1) is 11.1 Å². The average Bonchev–Trinajstić information content (AvgIpc) is 2.80. The van der Waals surface area contributed by atoms with Crippen LogP contribution in [0.3, 0.4) is 0 Å². The summed E-state index contributed by atoms with van der Waals surface area (Å²) in [4.78, 5) is 28.3. The number of amides is 1. The van der Waals surface area contributed by atoms with Gasteiger partial charge in [-0.15, -0.1) is 0 Å². The van der Waals surface area contributed by atoms with Gasteiger partial charge in [-0.05, 0) is 37.5 Å². The Hall–Kier alpha value is -2.83. The first kappa shape index (κ1) is 15.1. The summed E-state index contributed by atoms with van der Waals surface area (Å²) in [6.45, 7) is 2.38. The first-order valence-electron chi connectivity index (χ1n) is 7.43. The highest BCUT2D eigenvalue weighted by molar-refractivity contribution is 6.13. The fraction of sp³-hybridized carbons (Fsp3) is 0.312. The molecule has 0 unspecified atom stereocenters. The number of nitrogens with zero attached hydrogens (tertiary/aromatic N) is 2. The molecule has 0 saturated carbocycles. The Labute approximate surface area is 132 Å². The molecule has 1 aliphatic rings. The first-order valence-corrected chi connectivity index (χ1v) is 7.43. The maximum atomic E-state index is 12.4. The summed E-state index contributed by atoms with van der Waals surface area (Å²) in [5, 5.41) is 11.0.